The number of carbonyl (C=O) groups is 1. The lowest BCUT2D eigenvalue weighted by molar-refractivity contribution is -0.117. The molecular formula is C21H26N2O2. The van der Waals surface area contributed by atoms with Crippen LogP contribution in [0.3, 0.4) is 0 Å². The van der Waals surface area contributed by atoms with Crippen LogP contribution in [0.5, 0.6) is 5.75 Å². The first kappa shape index (κ1) is 17.5. The van der Waals surface area contributed by atoms with Gasteiger partial charge in [-0.25, -0.2) is 0 Å². The molecule has 1 saturated heterocycles. The summed E-state index contributed by atoms with van der Waals surface area (Å²) in [5.41, 5.74) is 1.84. The van der Waals surface area contributed by atoms with Gasteiger partial charge in [0.2, 0.25) is 5.91 Å². The lowest BCUT2D eigenvalue weighted by Crippen LogP contribution is -2.34. The number of para-hydroxylation sites is 2. The second kappa shape index (κ2) is 9.23. The zero-order chi connectivity index (χ0) is 17.3. The van der Waals surface area contributed by atoms with E-state index in [2.05, 4.69) is 10.2 Å². The Morgan fingerprint density at radius 3 is 2.36 bits per heavy atom. The first-order valence-electron chi connectivity index (χ1n) is 9.09. The van der Waals surface area contributed by atoms with Crippen LogP contribution < -0.4 is 10.1 Å². The Labute approximate surface area is 149 Å². The van der Waals surface area contributed by atoms with Gasteiger partial charge in [-0.05, 0) is 43.6 Å². The maximum atomic E-state index is 12.4. The molecule has 2 aromatic rings. The first-order valence-corrected chi connectivity index (χ1v) is 9.09. The topological polar surface area (TPSA) is 41.6 Å². The third-order valence-electron chi connectivity index (χ3n) is 4.46. The molecule has 4 heteroatoms. The van der Waals surface area contributed by atoms with Crippen LogP contribution >= 0.6 is 0 Å². The van der Waals surface area contributed by atoms with Crippen LogP contribution in [-0.4, -0.2) is 30.4 Å². The molecular weight excluding hydrogens is 312 g/mol. The molecule has 25 heavy (non-hydrogen) atoms. The highest BCUT2D eigenvalue weighted by atomic mass is 16.5. The van der Waals surface area contributed by atoms with Gasteiger partial charge in [-0.2, -0.15) is 0 Å². The summed E-state index contributed by atoms with van der Waals surface area (Å²) < 4.78 is 5.91. The smallest absolute Gasteiger partial charge is 0.238 e. The quantitative estimate of drug-likeness (QED) is 0.863. The number of hydrogen-bond donors (Lipinski definition) is 1. The van der Waals surface area contributed by atoms with Gasteiger partial charge in [0.15, 0.2) is 0 Å². The summed E-state index contributed by atoms with van der Waals surface area (Å²) in [7, 11) is 0. The van der Waals surface area contributed by atoms with E-state index in [-0.39, 0.29) is 5.91 Å². The monoisotopic (exact) mass is 338 g/mol. The molecule has 1 heterocycles. The van der Waals surface area contributed by atoms with Crippen molar-refractivity contribution in [2.75, 3.05) is 25.0 Å². The number of hydrogen-bond acceptors (Lipinski definition) is 3. The van der Waals surface area contributed by atoms with Gasteiger partial charge in [0.1, 0.15) is 12.4 Å². The highest BCUT2D eigenvalue weighted by Crippen LogP contribution is 2.24. The Morgan fingerprint density at radius 2 is 1.60 bits per heavy atom. The Balaban J connectivity index is 1.57. The van der Waals surface area contributed by atoms with Gasteiger partial charge in [-0.3, -0.25) is 9.69 Å². The fourth-order valence-electron chi connectivity index (χ4n) is 3.12. The van der Waals surface area contributed by atoms with Crippen molar-refractivity contribution in [1.29, 1.82) is 0 Å². The van der Waals surface area contributed by atoms with Crippen molar-refractivity contribution in [3.63, 3.8) is 0 Å². The van der Waals surface area contributed by atoms with Gasteiger partial charge in [0.25, 0.3) is 0 Å². The summed E-state index contributed by atoms with van der Waals surface area (Å²) in [4.78, 5) is 14.7. The molecule has 0 aliphatic carbocycles. The van der Waals surface area contributed by atoms with Crippen molar-refractivity contribution in [1.82, 2.24) is 4.90 Å². The van der Waals surface area contributed by atoms with Gasteiger partial charge in [-0.15, -0.1) is 0 Å². The van der Waals surface area contributed by atoms with Crippen molar-refractivity contribution in [3.05, 3.63) is 60.2 Å². The van der Waals surface area contributed by atoms with E-state index in [1.54, 1.807) is 0 Å². The van der Waals surface area contributed by atoms with Crippen LogP contribution in [0.1, 0.15) is 31.2 Å². The fraction of sp³-hybridized carbons (Fsp3) is 0.381. The highest BCUT2D eigenvalue weighted by molar-refractivity contribution is 5.93. The molecule has 0 saturated carbocycles. The number of amides is 1. The lowest BCUT2D eigenvalue weighted by Gasteiger charge is -2.19. The third-order valence-corrected chi connectivity index (χ3v) is 4.46. The van der Waals surface area contributed by atoms with E-state index in [1.807, 2.05) is 54.6 Å². The Hall–Kier alpha value is -2.33. The molecule has 0 spiro atoms. The van der Waals surface area contributed by atoms with Crippen molar-refractivity contribution in [3.8, 4) is 5.75 Å². The summed E-state index contributed by atoms with van der Waals surface area (Å²) in [5, 5.41) is 3.01. The van der Waals surface area contributed by atoms with Crippen molar-refractivity contribution >= 4 is 11.6 Å². The van der Waals surface area contributed by atoms with Gasteiger partial charge in [-0.1, -0.05) is 55.3 Å². The van der Waals surface area contributed by atoms with E-state index in [0.29, 0.717) is 18.9 Å². The predicted molar refractivity (Wildman–Crippen MR) is 101 cm³/mol. The summed E-state index contributed by atoms with van der Waals surface area (Å²) in [6, 6.07) is 17.6. The predicted octanol–water partition coefficient (Wildman–Crippen LogP) is 4.08. The lowest BCUT2D eigenvalue weighted by atomic mass is 10.2. The van der Waals surface area contributed by atoms with E-state index in [4.69, 9.17) is 4.74 Å². The molecule has 0 aromatic heterocycles. The van der Waals surface area contributed by atoms with E-state index < -0.39 is 0 Å². The molecule has 1 amide bonds. The standard InChI is InChI=1S/C21H26N2O2/c24-21(16-23-14-8-1-2-9-15-23)22-19-12-6-7-13-20(19)25-17-18-10-4-3-5-11-18/h3-7,10-13H,1-2,8-9,14-17H2,(H,22,24). The molecule has 132 valence electrons. The van der Waals surface area contributed by atoms with Crippen molar-refractivity contribution < 1.29 is 9.53 Å². The molecule has 1 N–H and O–H groups in total. The molecule has 3 rings (SSSR count). The van der Waals surface area contributed by atoms with E-state index in [1.165, 1.54) is 25.7 Å². The number of nitrogens with zero attached hydrogens (tertiary/aromatic N) is 1. The molecule has 0 unspecified atom stereocenters. The Kier molecular flexibility index (Phi) is 6.46. The number of anilines is 1. The van der Waals surface area contributed by atoms with Crippen LogP contribution in [-0.2, 0) is 11.4 Å². The van der Waals surface area contributed by atoms with Gasteiger partial charge in [0, 0.05) is 0 Å². The number of carbonyl (C=O) groups excluding carboxylic acids is 1. The Bertz CT molecular complexity index is 665. The third kappa shape index (κ3) is 5.61. The maximum Gasteiger partial charge on any atom is 0.238 e. The highest BCUT2D eigenvalue weighted by Gasteiger charge is 2.14. The van der Waals surface area contributed by atoms with Crippen LogP contribution in [0.25, 0.3) is 0 Å². The maximum absolute atomic E-state index is 12.4. The van der Waals surface area contributed by atoms with E-state index >= 15 is 0 Å². The number of benzene rings is 2. The molecule has 1 fully saturated rings. The fourth-order valence-corrected chi connectivity index (χ4v) is 3.12. The summed E-state index contributed by atoms with van der Waals surface area (Å²) in [6.45, 7) is 2.96. The first-order chi connectivity index (χ1) is 12.3. The molecule has 2 aromatic carbocycles. The number of ether oxygens (including phenoxy) is 1. The SMILES string of the molecule is O=C(CN1CCCCCC1)Nc1ccccc1OCc1ccccc1. The summed E-state index contributed by atoms with van der Waals surface area (Å²) in [5.74, 6) is 0.730. The minimum Gasteiger partial charge on any atom is -0.487 e. The molecule has 0 atom stereocenters. The van der Waals surface area contributed by atoms with Crippen LogP contribution in [0, 0.1) is 0 Å². The molecule has 4 nitrogen and oxygen atoms in total. The summed E-state index contributed by atoms with van der Waals surface area (Å²) in [6.07, 6.45) is 4.91. The average molecular weight is 338 g/mol. The number of nitrogens with one attached hydrogen (secondary N) is 1. The number of likely N-dealkylation sites (tertiary alicyclic amines) is 1. The van der Waals surface area contributed by atoms with Crippen LogP contribution in [0.4, 0.5) is 5.69 Å². The van der Waals surface area contributed by atoms with E-state index in [9.17, 15) is 4.79 Å². The molecule has 1 aliphatic heterocycles. The minimum absolute atomic E-state index is 0.0256. The van der Waals surface area contributed by atoms with Gasteiger partial charge in [0.05, 0.1) is 12.2 Å². The molecule has 1 aliphatic rings. The normalized spacial score (nSPS) is 15.4. The van der Waals surface area contributed by atoms with Crippen molar-refractivity contribution in [2.45, 2.75) is 32.3 Å². The molecule has 0 radical (unpaired) electrons. The summed E-state index contributed by atoms with van der Waals surface area (Å²) >= 11 is 0. The Morgan fingerprint density at radius 1 is 0.920 bits per heavy atom. The van der Waals surface area contributed by atoms with E-state index in [0.717, 1.165) is 24.3 Å². The second-order valence-corrected chi connectivity index (χ2v) is 6.51. The zero-order valence-corrected chi connectivity index (χ0v) is 14.6. The molecule has 0 bridgehead atoms. The zero-order valence-electron chi connectivity index (χ0n) is 14.6. The van der Waals surface area contributed by atoms with Gasteiger partial charge < -0.3 is 10.1 Å². The minimum atomic E-state index is 0.0256. The average Bonchev–Trinajstić information content (AvgIpc) is 2.90. The second-order valence-electron chi connectivity index (χ2n) is 6.51. The van der Waals surface area contributed by atoms with Gasteiger partial charge >= 0.3 is 0 Å². The number of rotatable bonds is 6. The van der Waals surface area contributed by atoms with Crippen LogP contribution in [0.2, 0.25) is 0 Å². The van der Waals surface area contributed by atoms with Crippen molar-refractivity contribution in [2.24, 2.45) is 0 Å². The van der Waals surface area contributed by atoms with Crippen LogP contribution in [0.15, 0.2) is 54.6 Å². The largest absolute Gasteiger partial charge is 0.487 e.